The SMILES string of the molecule is C[C-]1C2=C3Cc4ccccc4C3=C3C=CCCC3C2(C)C(C)(C)C(C)(C)C1(C)C.[Cl-].[Cl-].[Hf+2]=[C](Cc1ccccc1)Cc1ccccc1.c1cc[cH-]c1. The molecule has 4 aliphatic rings. The Balaban J connectivity index is 0.000000221. The molecule has 0 radical (unpaired) electrons. The van der Waals surface area contributed by atoms with E-state index < -0.39 is 0 Å². The number of rotatable bonds is 4. The maximum absolute atomic E-state index is 2.62. The van der Waals surface area contributed by atoms with Crippen LogP contribution in [0.4, 0.5) is 0 Å². The van der Waals surface area contributed by atoms with Gasteiger partial charge in [0.15, 0.2) is 0 Å². The molecule has 0 heterocycles. The minimum Gasteiger partial charge on any atom is -0.214 e. The van der Waals surface area contributed by atoms with Crippen molar-refractivity contribution >= 4 is 8.83 Å². The molecule has 0 bridgehead atoms. The molecule has 272 valence electrons. The van der Waals surface area contributed by atoms with Gasteiger partial charge in [0, 0.05) is 0 Å². The van der Waals surface area contributed by atoms with Crippen LogP contribution in [0.5, 0.6) is 0 Å². The van der Waals surface area contributed by atoms with Crippen LogP contribution in [-0.2, 0) is 43.2 Å². The van der Waals surface area contributed by atoms with Gasteiger partial charge in [-0.2, -0.15) is 29.3 Å². The van der Waals surface area contributed by atoms with Crippen molar-refractivity contribution in [3.8, 4) is 0 Å². The van der Waals surface area contributed by atoms with Crippen LogP contribution >= 0.6 is 0 Å². The van der Waals surface area contributed by atoms with E-state index in [0.29, 0.717) is 5.92 Å². The van der Waals surface area contributed by atoms with E-state index in [4.69, 9.17) is 0 Å². The Hall–Kier alpha value is -2.58. The predicted octanol–water partition coefficient (Wildman–Crippen LogP) is 6.57. The van der Waals surface area contributed by atoms with E-state index in [1.807, 2.05) is 30.3 Å². The van der Waals surface area contributed by atoms with Gasteiger partial charge in [-0.15, -0.1) is 6.92 Å². The van der Waals surface area contributed by atoms with Crippen LogP contribution in [0.15, 0.2) is 144 Å². The van der Waals surface area contributed by atoms with Gasteiger partial charge in [0.1, 0.15) is 0 Å². The summed E-state index contributed by atoms with van der Waals surface area (Å²) in [7, 11) is 0. The zero-order valence-corrected chi connectivity index (χ0v) is 37.6. The second-order valence-corrected chi connectivity index (χ2v) is 19.2. The molecule has 4 aromatic carbocycles. The Bertz CT molecular complexity index is 1830. The van der Waals surface area contributed by atoms with Gasteiger partial charge in [-0.3, -0.25) is 0 Å². The fraction of sp³-hybridized carbons (Fsp3) is 0.367. The van der Waals surface area contributed by atoms with Crippen molar-refractivity contribution in [1.29, 1.82) is 0 Å². The standard InChI is InChI=1S/C29H37.C15H14.C5H5.2ClH.Hf/c1-18-25-22-17-19-13-9-10-14-20(19)24(22)21-15-11-12-16-23(21)29(25,8)28(6,7)27(4,5)26(18,2)3;1-3-8-14(9-4-1)12-7-13-15-10-5-2-6-11-15;1-2-4-5-3-1;;;/h9-11,13-15,23H,12,16-17H2,1-8H3;1-6,8-11H,12-13H2;1-5H;2*1H;/q-1;;-1;;;+2/p-2. The first-order chi connectivity index (χ1) is 23.8. The summed E-state index contributed by atoms with van der Waals surface area (Å²) >= 11 is 1.18. The molecule has 1 saturated carbocycles. The van der Waals surface area contributed by atoms with Crippen molar-refractivity contribution in [2.75, 3.05) is 0 Å². The topological polar surface area (TPSA) is 0 Å². The van der Waals surface area contributed by atoms with Crippen LogP contribution in [-0.4, -0.2) is 3.26 Å². The van der Waals surface area contributed by atoms with Gasteiger partial charge in [-0.25, -0.2) is 18.1 Å². The molecule has 0 nitrogen and oxygen atoms in total. The fourth-order valence-electron chi connectivity index (χ4n) is 9.64. The van der Waals surface area contributed by atoms with Gasteiger partial charge in [0.2, 0.25) is 0 Å². The first-order valence-corrected chi connectivity index (χ1v) is 20.5. The average molecular weight is 894 g/mol. The van der Waals surface area contributed by atoms with Crippen molar-refractivity contribution < 1.29 is 48.7 Å². The maximum atomic E-state index is 2.62. The van der Waals surface area contributed by atoms with Crippen LogP contribution < -0.4 is 24.8 Å². The van der Waals surface area contributed by atoms with Gasteiger partial charge in [-0.1, -0.05) is 113 Å². The Labute approximate surface area is 342 Å². The van der Waals surface area contributed by atoms with Gasteiger partial charge >= 0.3 is 112 Å². The minimum absolute atomic E-state index is 0. The van der Waals surface area contributed by atoms with E-state index in [2.05, 4.69) is 152 Å². The summed E-state index contributed by atoms with van der Waals surface area (Å²) in [4.78, 5) is 0. The van der Waals surface area contributed by atoms with E-state index in [-0.39, 0.29) is 46.5 Å². The second kappa shape index (κ2) is 16.8. The molecule has 4 aromatic rings. The number of hydrogen-bond donors (Lipinski definition) is 0. The zero-order valence-electron chi connectivity index (χ0n) is 32.5. The molecule has 0 spiro atoms. The molecule has 0 aromatic heterocycles. The summed E-state index contributed by atoms with van der Waals surface area (Å²) in [6, 6.07) is 40.6. The van der Waals surface area contributed by atoms with Crippen molar-refractivity contribution in [1.82, 2.24) is 0 Å². The molecule has 0 aliphatic heterocycles. The third-order valence-corrected chi connectivity index (χ3v) is 15.1. The molecule has 3 heteroatoms. The first kappa shape index (κ1) is 42.2. The first-order valence-electron chi connectivity index (χ1n) is 18.7. The van der Waals surface area contributed by atoms with Crippen molar-refractivity contribution in [3.05, 3.63) is 172 Å². The van der Waals surface area contributed by atoms with Crippen molar-refractivity contribution in [2.24, 2.45) is 27.6 Å². The summed E-state index contributed by atoms with van der Waals surface area (Å²) in [5, 5.41) is 0. The largest absolute Gasteiger partial charge is 0.214 e. The molecule has 52 heavy (non-hydrogen) atoms. The normalized spacial score (nSPS) is 22.4. The molecule has 2 atom stereocenters. The van der Waals surface area contributed by atoms with E-state index in [1.54, 1.807) is 31.5 Å². The monoisotopic (exact) mass is 894 g/mol. The summed E-state index contributed by atoms with van der Waals surface area (Å²) in [5.74, 6) is 2.24. The Kier molecular flexibility index (Phi) is 13.7. The third-order valence-electron chi connectivity index (χ3n) is 13.9. The summed E-state index contributed by atoms with van der Waals surface area (Å²) < 4.78 is 1.65. The smallest absolute Gasteiger partial charge is 0.172 e. The number of hydrogen-bond acceptors (Lipinski definition) is 0. The number of allylic oxidation sites excluding steroid dienone is 6. The quantitative estimate of drug-likeness (QED) is 0.161. The Morgan fingerprint density at radius 2 is 1.27 bits per heavy atom. The van der Waals surface area contributed by atoms with Gasteiger partial charge < -0.3 is 24.8 Å². The number of halogens is 2. The molecule has 8 rings (SSSR count). The van der Waals surface area contributed by atoms with E-state index in [9.17, 15) is 0 Å². The van der Waals surface area contributed by atoms with Gasteiger partial charge in [-0.05, 0) is 40.6 Å². The molecule has 0 saturated heterocycles. The number of fused-ring (bicyclic) bond motifs is 6. The maximum Gasteiger partial charge on any atom is -0.172 e. The summed E-state index contributed by atoms with van der Waals surface area (Å²) in [6.45, 7) is 20.3. The minimum atomic E-state index is 0. The summed E-state index contributed by atoms with van der Waals surface area (Å²) in [5.41, 5.74) is 13.2. The van der Waals surface area contributed by atoms with Crippen LogP contribution in [0, 0.1) is 33.5 Å². The number of benzene rings is 3. The van der Waals surface area contributed by atoms with Crippen LogP contribution in [0.2, 0.25) is 0 Å². The molecular weight excluding hydrogens is 838 g/mol. The van der Waals surface area contributed by atoms with Gasteiger partial charge in [0.05, 0.1) is 0 Å². The third kappa shape index (κ3) is 7.41. The Morgan fingerprint density at radius 3 is 1.81 bits per heavy atom. The van der Waals surface area contributed by atoms with Crippen LogP contribution in [0.3, 0.4) is 0 Å². The predicted molar refractivity (Wildman–Crippen MR) is 212 cm³/mol. The van der Waals surface area contributed by atoms with Gasteiger partial charge in [0.25, 0.3) is 0 Å². The fourth-order valence-corrected chi connectivity index (χ4v) is 11.1. The van der Waals surface area contributed by atoms with E-state index in [0.717, 1.165) is 19.3 Å². The average Bonchev–Trinajstić information content (AvgIpc) is 3.81. The second-order valence-electron chi connectivity index (χ2n) is 16.6. The molecular formula is C49H56Cl2Hf-2. The van der Waals surface area contributed by atoms with Crippen LogP contribution in [0.25, 0.3) is 5.57 Å². The molecule has 0 N–H and O–H groups in total. The molecule has 1 fully saturated rings. The van der Waals surface area contributed by atoms with Crippen LogP contribution in [0.1, 0.15) is 90.5 Å². The molecule has 4 aliphatic carbocycles. The Morgan fingerprint density at radius 1 is 0.731 bits per heavy atom. The molecule has 0 amide bonds. The van der Waals surface area contributed by atoms with E-state index >= 15 is 0 Å². The van der Waals surface area contributed by atoms with E-state index in [1.165, 1.54) is 59.0 Å². The van der Waals surface area contributed by atoms with Crippen molar-refractivity contribution in [2.45, 2.75) is 87.5 Å². The molecule has 2 unspecified atom stereocenters. The van der Waals surface area contributed by atoms with Crippen molar-refractivity contribution in [3.63, 3.8) is 0 Å². The summed E-state index contributed by atoms with van der Waals surface area (Å²) in [6.07, 6.45) is 10.8. The zero-order chi connectivity index (χ0) is 35.7.